The van der Waals surface area contributed by atoms with E-state index in [1.807, 2.05) is 51.1 Å². The smallest absolute Gasteiger partial charge is 0.410 e. The van der Waals surface area contributed by atoms with Gasteiger partial charge in [0.15, 0.2) is 0 Å². The Morgan fingerprint density at radius 2 is 1.81 bits per heavy atom. The molecule has 0 aromatic heterocycles. The molecule has 0 fully saturated rings. The molecular weight excluding hydrogens is 338 g/mol. The van der Waals surface area contributed by atoms with E-state index >= 15 is 0 Å². The molecule has 0 saturated carbocycles. The van der Waals surface area contributed by atoms with Crippen molar-refractivity contribution in [2.24, 2.45) is 0 Å². The van der Waals surface area contributed by atoms with Crippen LogP contribution in [0.5, 0.6) is 5.75 Å². The lowest BCUT2D eigenvalue weighted by Gasteiger charge is -2.24. The van der Waals surface area contributed by atoms with E-state index < -0.39 is 5.60 Å². The minimum atomic E-state index is -0.485. The molecule has 2 rings (SSSR count). The lowest BCUT2D eigenvalue weighted by molar-refractivity contribution is 0.0292. The standard InChI is InChI=1S/C23H29NO3/c1-6-18-17-20(19-11-8-7-9-12-19)13-14-21(18)26-16-10-15-24(5)22(25)27-23(2,3)4/h6-9,11-14,17H,1,10,15-16H2,2-5H3. The fourth-order valence-corrected chi connectivity index (χ4v) is 2.56. The van der Waals surface area contributed by atoms with Crippen molar-refractivity contribution in [3.8, 4) is 16.9 Å². The molecule has 0 aliphatic rings. The van der Waals surface area contributed by atoms with Crippen molar-refractivity contribution in [2.45, 2.75) is 32.8 Å². The lowest BCUT2D eigenvalue weighted by atomic mass is 10.0. The maximum atomic E-state index is 11.9. The van der Waals surface area contributed by atoms with E-state index in [0.717, 1.165) is 22.4 Å². The van der Waals surface area contributed by atoms with Crippen LogP contribution in [0.3, 0.4) is 0 Å². The average Bonchev–Trinajstić information content (AvgIpc) is 2.64. The second-order valence-corrected chi connectivity index (χ2v) is 7.43. The molecular formula is C23H29NO3. The minimum Gasteiger partial charge on any atom is -0.493 e. The third-order valence-electron chi connectivity index (χ3n) is 3.94. The van der Waals surface area contributed by atoms with Crippen LogP contribution in [0.25, 0.3) is 17.2 Å². The summed E-state index contributed by atoms with van der Waals surface area (Å²) in [6, 6.07) is 16.3. The van der Waals surface area contributed by atoms with E-state index in [-0.39, 0.29) is 6.09 Å². The zero-order valence-corrected chi connectivity index (χ0v) is 16.7. The predicted octanol–water partition coefficient (Wildman–Crippen LogP) is 5.63. The highest BCUT2D eigenvalue weighted by atomic mass is 16.6. The summed E-state index contributed by atoms with van der Waals surface area (Å²) in [7, 11) is 1.73. The molecule has 0 atom stereocenters. The van der Waals surface area contributed by atoms with Gasteiger partial charge in [-0.3, -0.25) is 0 Å². The van der Waals surface area contributed by atoms with Gasteiger partial charge in [0.1, 0.15) is 11.4 Å². The van der Waals surface area contributed by atoms with Crippen LogP contribution in [0.1, 0.15) is 32.8 Å². The Hall–Kier alpha value is -2.75. The van der Waals surface area contributed by atoms with Crippen LogP contribution in [0, 0.1) is 0 Å². The molecule has 0 heterocycles. The molecule has 0 saturated heterocycles. The Morgan fingerprint density at radius 3 is 2.44 bits per heavy atom. The van der Waals surface area contributed by atoms with Gasteiger partial charge in [-0.15, -0.1) is 0 Å². The Balaban J connectivity index is 1.89. The van der Waals surface area contributed by atoms with Gasteiger partial charge in [0, 0.05) is 19.2 Å². The first-order valence-electron chi connectivity index (χ1n) is 9.19. The topological polar surface area (TPSA) is 38.8 Å². The zero-order valence-electron chi connectivity index (χ0n) is 16.7. The summed E-state index contributed by atoms with van der Waals surface area (Å²) in [6.07, 6.45) is 2.20. The highest BCUT2D eigenvalue weighted by Gasteiger charge is 2.19. The van der Waals surface area contributed by atoms with E-state index in [2.05, 4.69) is 24.8 Å². The van der Waals surface area contributed by atoms with E-state index in [1.165, 1.54) is 0 Å². The van der Waals surface area contributed by atoms with Crippen LogP contribution in [-0.2, 0) is 4.74 Å². The molecule has 0 aliphatic heterocycles. The molecule has 2 aromatic carbocycles. The largest absolute Gasteiger partial charge is 0.493 e. The third-order valence-corrected chi connectivity index (χ3v) is 3.94. The normalized spacial score (nSPS) is 11.0. The summed E-state index contributed by atoms with van der Waals surface area (Å²) < 4.78 is 11.2. The maximum absolute atomic E-state index is 11.9. The van der Waals surface area contributed by atoms with Crippen molar-refractivity contribution in [2.75, 3.05) is 20.2 Å². The number of benzene rings is 2. The Bertz CT molecular complexity index is 763. The molecule has 0 bridgehead atoms. The number of ether oxygens (including phenoxy) is 2. The van der Waals surface area contributed by atoms with Gasteiger partial charge in [-0.2, -0.15) is 0 Å². The molecule has 4 heteroatoms. The summed E-state index contributed by atoms with van der Waals surface area (Å²) >= 11 is 0. The Morgan fingerprint density at radius 1 is 1.11 bits per heavy atom. The van der Waals surface area contributed by atoms with Crippen molar-refractivity contribution >= 4 is 12.2 Å². The quantitative estimate of drug-likeness (QED) is 0.595. The number of carbonyl (C=O) groups is 1. The van der Waals surface area contributed by atoms with Crippen LogP contribution >= 0.6 is 0 Å². The van der Waals surface area contributed by atoms with E-state index in [1.54, 1.807) is 18.0 Å². The van der Waals surface area contributed by atoms with Gasteiger partial charge in [0.05, 0.1) is 6.61 Å². The van der Waals surface area contributed by atoms with E-state index in [9.17, 15) is 4.79 Å². The molecule has 0 unspecified atom stereocenters. The average molecular weight is 367 g/mol. The minimum absolute atomic E-state index is 0.318. The summed E-state index contributed by atoms with van der Waals surface area (Å²) in [5.74, 6) is 0.796. The number of hydrogen-bond acceptors (Lipinski definition) is 3. The summed E-state index contributed by atoms with van der Waals surface area (Å²) in [5.41, 5.74) is 2.76. The highest BCUT2D eigenvalue weighted by Crippen LogP contribution is 2.27. The molecule has 2 aromatic rings. The second kappa shape index (κ2) is 9.26. The van der Waals surface area contributed by atoms with E-state index in [0.29, 0.717) is 19.6 Å². The molecule has 144 valence electrons. The van der Waals surface area contributed by atoms with Crippen molar-refractivity contribution in [1.82, 2.24) is 4.90 Å². The molecule has 0 N–H and O–H groups in total. The third kappa shape index (κ3) is 6.48. The Labute approximate surface area is 162 Å². The van der Waals surface area contributed by atoms with Gasteiger partial charge < -0.3 is 14.4 Å². The van der Waals surface area contributed by atoms with Gasteiger partial charge in [-0.25, -0.2) is 4.79 Å². The molecule has 0 radical (unpaired) electrons. The SMILES string of the molecule is C=Cc1cc(-c2ccccc2)ccc1OCCCN(C)C(=O)OC(C)(C)C. The number of amides is 1. The number of nitrogens with zero attached hydrogens (tertiary/aromatic N) is 1. The van der Waals surface area contributed by atoms with Gasteiger partial charge >= 0.3 is 6.09 Å². The highest BCUT2D eigenvalue weighted by molar-refractivity contribution is 5.70. The van der Waals surface area contributed by atoms with Crippen molar-refractivity contribution < 1.29 is 14.3 Å². The van der Waals surface area contributed by atoms with Crippen LogP contribution in [0.15, 0.2) is 55.1 Å². The molecule has 1 amide bonds. The molecule has 0 spiro atoms. The zero-order chi connectivity index (χ0) is 19.9. The van der Waals surface area contributed by atoms with Crippen LogP contribution in [0.4, 0.5) is 4.79 Å². The summed E-state index contributed by atoms with van der Waals surface area (Å²) in [4.78, 5) is 13.5. The number of rotatable bonds is 7. The van der Waals surface area contributed by atoms with Gasteiger partial charge in [-0.05, 0) is 50.5 Å². The first kappa shape index (κ1) is 20.6. The van der Waals surface area contributed by atoms with Crippen LogP contribution < -0.4 is 4.74 Å². The summed E-state index contributed by atoms with van der Waals surface area (Å²) in [5, 5.41) is 0. The van der Waals surface area contributed by atoms with Gasteiger partial charge in [0.2, 0.25) is 0 Å². The van der Waals surface area contributed by atoms with Crippen molar-refractivity contribution in [1.29, 1.82) is 0 Å². The summed E-state index contributed by atoms with van der Waals surface area (Å²) in [6.45, 7) is 10.5. The van der Waals surface area contributed by atoms with Crippen LogP contribution in [0.2, 0.25) is 0 Å². The maximum Gasteiger partial charge on any atom is 0.410 e. The monoisotopic (exact) mass is 367 g/mol. The fraction of sp³-hybridized carbons (Fsp3) is 0.348. The van der Waals surface area contributed by atoms with Gasteiger partial charge in [0.25, 0.3) is 0 Å². The molecule has 4 nitrogen and oxygen atoms in total. The van der Waals surface area contributed by atoms with Crippen LogP contribution in [-0.4, -0.2) is 36.8 Å². The van der Waals surface area contributed by atoms with E-state index in [4.69, 9.17) is 9.47 Å². The van der Waals surface area contributed by atoms with Gasteiger partial charge in [-0.1, -0.05) is 49.1 Å². The second-order valence-electron chi connectivity index (χ2n) is 7.43. The predicted molar refractivity (Wildman–Crippen MR) is 111 cm³/mol. The fourth-order valence-electron chi connectivity index (χ4n) is 2.56. The molecule has 27 heavy (non-hydrogen) atoms. The van der Waals surface area contributed by atoms with Crippen molar-refractivity contribution in [3.63, 3.8) is 0 Å². The number of carbonyl (C=O) groups excluding carboxylic acids is 1. The molecule has 0 aliphatic carbocycles. The first-order valence-corrected chi connectivity index (χ1v) is 9.19. The first-order chi connectivity index (χ1) is 12.8. The Kier molecular flexibility index (Phi) is 7.05. The lowest BCUT2D eigenvalue weighted by Crippen LogP contribution is -2.35. The van der Waals surface area contributed by atoms with Crippen molar-refractivity contribution in [3.05, 3.63) is 60.7 Å². The number of hydrogen-bond donors (Lipinski definition) is 0.